The van der Waals surface area contributed by atoms with Crippen molar-refractivity contribution >= 4 is 22.7 Å². The van der Waals surface area contributed by atoms with Gasteiger partial charge in [-0.2, -0.15) is 11.8 Å². The molecule has 19 heavy (non-hydrogen) atoms. The second-order valence-electron chi connectivity index (χ2n) is 4.64. The normalized spacial score (nSPS) is 16.9. The van der Waals surface area contributed by atoms with Crippen LogP contribution in [-0.2, 0) is 0 Å². The Labute approximate surface area is 112 Å². The minimum atomic E-state index is -0.464. The summed E-state index contributed by atoms with van der Waals surface area (Å²) < 4.78 is 14.4. The van der Waals surface area contributed by atoms with E-state index >= 15 is 0 Å². The Balaban J connectivity index is 2.22. The fraction of sp³-hybridized carbons (Fsp3) is 0.385. The Morgan fingerprint density at radius 3 is 2.74 bits per heavy atom. The number of nitrogens with one attached hydrogen (secondary N) is 1. The van der Waals surface area contributed by atoms with E-state index in [-0.39, 0.29) is 17.1 Å². The number of benzene rings is 1. The second kappa shape index (κ2) is 4.85. The van der Waals surface area contributed by atoms with Crippen LogP contribution in [0.2, 0.25) is 0 Å². The van der Waals surface area contributed by atoms with Crippen LogP contribution in [0.4, 0.5) is 4.39 Å². The van der Waals surface area contributed by atoms with Gasteiger partial charge >= 0.3 is 5.69 Å². The van der Waals surface area contributed by atoms with Crippen molar-refractivity contribution < 1.29 is 4.39 Å². The molecule has 0 aliphatic carbocycles. The van der Waals surface area contributed by atoms with Gasteiger partial charge in [0.05, 0.1) is 10.9 Å². The van der Waals surface area contributed by atoms with Crippen molar-refractivity contribution in [2.75, 3.05) is 11.5 Å². The van der Waals surface area contributed by atoms with Crippen LogP contribution in [-0.4, -0.2) is 21.1 Å². The van der Waals surface area contributed by atoms with Gasteiger partial charge in [0.15, 0.2) is 0 Å². The van der Waals surface area contributed by atoms with Crippen LogP contribution >= 0.6 is 11.8 Å². The zero-order valence-corrected chi connectivity index (χ0v) is 11.0. The summed E-state index contributed by atoms with van der Waals surface area (Å²) in [7, 11) is 0. The Morgan fingerprint density at radius 1 is 1.26 bits per heavy atom. The third kappa shape index (κ3) is 2.20. The number of fused-ring (bicyclic) bond motifs is 1. The first-order valence-electron chi connectivity index (χ1n) is 6.18. The van der Waals surface area contributed by atoms with Gasteiger partial charge in [0.1, 0.15) is 5.82 Å². The molecule has 0 atom stereocenters. The first kappa shape index (κ1) is 12.5. The summed E-state index contributed by atoms with van der Waals surface area (Å²) in [6.07, 6.45) is 1.64. The highest BCUT2D eigenvalue weighted by atomic mass is 32.2. The molecule has 3 rings (SSSR count). The molecule has 0 unspecified atom stereocenters. The highest BCUT2D eigenvalue weighted by Crippen LogP contribution is 2.25. The van der Waals surface area contributed by atoms with E-state index in [1.807, 2.05) is 11.8 Å². The third-order valence-corrected chi connectivity index (χ3v) is 4.50. The van der Waals surface area contributed by atoms with Gasteiger partial charge in [-0.25, -0.2) is 9.18 Å². The van der Waals surface area contributed by atoms with Crippen LogP contribution < -0.4 is 11.2 Å². The Morgan fingerprint density at radius 2 is 2.00 bits per heavy atom. The van der Waals surface area contributed by atoms with Gasteiger partial charge in [0.2, 0.25) is 0 Å². The minimum absolute atomic E-state index is 0.0491. The first-order chi connectivity index (χ1) is 9.16. The van der Waals surface area contributed by atoms with E-state index in [4.69, 9.17) is 0 Å². The molecule has 6 heteroatoms. The van der Waals surface area contributed by atoms with Crippen molar-refractivity contribution in [3.8, 4) is 0 Å². The number of nitrogens with zero attached hydrogens (tertiary/aromatic N) is 1. The minimum Gasteiger partial charge on any atom is -0.307 e. The van der Waals surface area contributed by atoms with Crippen LogP contribution in [0.3, 0.4) is 0 Å². The molecule has 4 nitrogen and oxygen atoms in total. The number of aromatic nitrogens is 2. The van der Waals surface area contributed by atoms with Crippen LogP contribution in [0.15, 0.2) is 27.8 Å². The number of rotatable bonds is 1. The quantitative estimate of drug-likeness (QED) is 0.868. The van der Waals surface area contributed by atoms with Crippen LogP contribution in [0.25, 0.3) is 10.9 Å². The summed E-state index contributed by atoms with van der Waals surface area (Å²) in [5, 5.41) is 0.360. The maximum atomic E-state index is 13.1. The van der Waals surface area contributed by atoms with Gasteiger partial charge in [-0.05, 0) is 42.5 Å². The van der Waals surface area contributed by atoms with Gasteiger partial charge < -0.3 is 4.98 Å². The number of H-pyrrole nitrogens is 1. The summed E-state index contributed by atoms with van der Waals surface area (Å²) in [5.41, 5.74) is -0.507. The summed E-state index contributed by atoms with van der Waals surface area (Å²) in [4.78, 5) is 27.0. The molecule has 0 bridgehead atoms. The summed E-state index contributed by atoms with van der Waals surface area (Å²) in [6.45, 7) is 0. The summed E-state index contributed by atoms with van der Waals surface area (Å²) in [6, 6.07) is 3.80. The molecule has 1 aromatic carbocycles. The SMILES string of the molecule is O=c1[nH]c2cc(F)ccc2c(=O)n1C1CCSCC1. The standard InChI is InChI=1S/C13H13FN2O2S/c14-8-1-2-10-11(7-8)15-13(18)16(12(10)17)9-3-5-19-6-4-9/h1-2,7,9H,3-6H2,(H,15,18). The second-order valence-corrected chi connectivity index (χ2v) is 5.86. The lowest BCUT2D eigenvalue weighted by molar-refractivity contribution is 0.441. The smallest absolute Gasteiger partial charge is 0.307 e. The van der Waals surface area contributed by atoms with Crippen molar-refractivity contribution in [1.29, 1.82) is 0 Å². The molecule has 0 spiro atoms. The molecule has 1 fully saturated rings. The third-order valence-electron chi connectivity index (χ3n) is 3.45. The molecule has 1 saturated heterocycles. The lowest BCUT2D eigenvalue weighted by Gasteiger charge is -2.22. The predicted molar refractivity (Wildman–Crippen MR) is 74.4 cm³/mol. The van der Waals surface area contributed by atoms with Crippen molar-refractivity contribution in [2.24, 2.45) is 0 Å². The lowest BCUT2D eigenvalue weighted by Crippen LogP contribution is -2.39. The number of halogens is 1. The molecule has 1 aliphatic heterocycles. The van der Waals surface area contributed by atoms with Crippen molar-refractivity contribution in [3.05, 3.63) is 44.9 Å². The molecule has 0 amide bonds. The van der Waals surface area contributed by atoms with E-state index in [0.717, 1.165) is 24.3 Å². The molecule has 1 N–H and O–H groups in total. The maximum absolute atomic E-state index is 13.1. The van der Waals surface area contributed by atoms with Crippen LogP contribution in [0.5, 0.6) is 0 Å². The molecule has 2 heterocycles. The number of thioether (sulfide) groups is 1. The van der Waals surface area contributed by atoms with Crippen molar-refractivity contribution in [1.82, 2.24) is 9.55 Å². The van der Waals surface area contributed by atoms with Crippen LogP contribution in [0.1, 0.15) is 18.9 Å². The van der Waals surface area contributed by atoms with Gasteiger partial charge in [-0.15, -0.1) is 0 Å². The van der Waals surface area contributed by atoms with E-state index < -0.39 is 11.5 Å². The molecule has 2 aromatic rings. The molecule has 0 radical (unpaired) electrons. The molecular formula is C13H13FN2O2S. The average molecular weight is 280 g/mol. The zero-order chi connectivity index (χ0) is 13.4. The maximum Gasteiger partial charge on any atom is 0.329 e. The number of aromatic amines is 1. The highest BCUT2D eigenvalue weighted by Gasteiger charge is 2.20. The highest BCUT2D eigenvalue weighted by molar-refractivity contribution is 7.99. The van der Waals surface area contributed by atoms with E-state index in [1.54, 1.807) is 0 Å². The van der Waals surface area contributed by atoms with Crippen molar-refractivity contribution in [3.63, 3.8) is 0 Å². The van der Waals surface area contributed by atoms with E-state index in [2.05, 4.69) is 4.98 Å². The monoisotopic (exact) mass is 280 g/mol. The lowest BCUT2D eigenvalue weighted by atomic mass is 10.1. The molecule has 1 aliphatic rings. The zero-order valence-electron chi connectivity index (χ0n) is 10.2. The van der Waals surface area contributed by atoms with Crippen LogP contribution in [0, 0.1) is 5.82 Å². The predicted octanol–water partition coefficient (Wildman–Crippen LogP) is 1.90. The Hall–Kier alpha value is -1.56. The van der Waals surface area contributed by atoms with Crippen molar-refractivity contribution in [2.45, 2.75) is 18.9 Å². The molecule has 1 aromatic heterocycles. The fourth-order valence-electron chi connectivity index (χ4n) is 2.48. The largest absolute Gasteiger partial charge is 0.329 e. The molecular weight excluding hydrogens is 267 g/mol. The number of hydrogen-bond donors (Lipinski definition) is 1. The van der Waals surface area contributed by atoms with E-state index in [1.165, 1.54) is 22.8 Å². The number of hydrogen-bond acceptors (Lipinski definition) is 3. The van der Waals surface area contributed by atoms with E-state index in [0.29, 0.717) is 5.39 Å². The van der Waals surface area contributed by atoms with Gasteiger partial charge in [-0.1, -0.05) is 0 Å². The molecule has 0 saturated carbocycles. The Kier molecular flexibility index (Phi) is 3.18. The van der Waals surface area contributed by atoms with E-state index in [9.17, 15) is 14.0 Å². The summed E-state index contributed by atoms with van der Waals surface area (Å²) in [5.74, 6) is 1.45. The Bertz CT molecular complexity index is 731. The average Bonchev–Trinajstić information content (AvgIpc) is 2.39. The first-order valence-corrected chi connectivity index (χ1v) is 7.34. The topological polar surface area (TPSA) is 54.9 Å². The molecule has 100 valence electrons. The van der Waals surface area contributed by atoms with Gasteiger partial charge in [0, 0.05) is 6.04 Å². The summed E-state index contributed by atoms with van der Waals surface area (Å²) >= 11 is 1.83. The fourth-order valence-corrected chi connectivity index (χ4v) is 3.56. The van der Waals surface area contributed by atoms with Gasteiger partial charge in [-0.3, -0.25) is 9.36 Å². The van der Waals surface area contributed by atoms with Gasteiger partial charge in [0.25, 0.3) is 5.56 Å².